The van der Waals surface area contributed by atoms with Crippen LogP contribution in [0, 0.1) is 20.8 Å². The van der Waals surface area contributed by atoms with Crippen molar-refractivity contribution in [3.05, 3.63) is 98.3 Å². The van der Waals surface area contributed by atoms with Crippen LogP contribution in [0.25, 0.3) is 11.3 Å². The molecule has 32 heavy (non-hydrogen) atoms. The standard InChI is InChI=1S/C26H23BrN2O2S/c1-16-4-7-21(14-17(16)2)24-18(3)32-26(28-24)29-25(30)20-8-5-19(6-9-20)15-31-23-12-10-22(27)11-13-23/h4-14H,15H2,1-3H3,(H,28,29,30). The number of ether oxygens (including phenoxy) is 1. The number of aryl methyl sites for hydroxylation is 3. The molecule has 0 saturated carbocycles. The van der Waals surface area contributed by atoms with Gasteiger partial charge < -0.3 is 4.74 Å². The molecule has 0 saturated heterocycles. The molecule has 1 heterocycles. The van der Waals surface area contributed by atoms with E-state index in [1.54, 1.807) is 12.1 Å². The fourth-order valence-electron chi connectivity index (χ4n) is 3.23. The monoisotopic (exact) mass is 506 g/mol. The molecule has 0 fully saturated rings. The first kappa shape index (κ1) is 22.2. The minimum absolute atomic E-state index is 0.175. The molecule has 4 rings (SSSR count). The fourth-order valence-corrected chi connectivity index (χ4v) is 4.32. The second-order valence-electron chi connectivity index (χ2n) is 7.62. The summed E-state index contributed by atoms with van der Waals surface area (Å²) in [4.78, 5) is 18.5. The zero-order chi connectivity index (χ0) is 22.7. The molecule has 1 N–H and O–H groups in total. The first-order valence-corrected chi connectivity index (χ1v) is 11.8. The number of carbonyl (C=O) groups excluding carboxylic acids is 1. The van der Waals surface area contributed by atoms with Crippen molar-refractivity contribution in [3.63, 3.8) is 0 Å². The Kier molecular flexibility index (Phi) is 6.72. The fraction of sp³-hybridized carbons (Fsp3) is 0.154. The average Bonchev–Trinajstić information content (AvgIpc) is 3.15. The van der Waals surface area contributed by atoms with E-state index in [0.717, 1.165) is 31.9 Å². The van der Waals surface area contributed by atoms with Gasteiger partial charge in [0.2, 0.25) is 0 Å². The van der Waals surface area contributed by atoms with Crippen LogP contribution in [0.1, 0.15) is 31.9 Å². The number of nitrogens with one attached hydrogen (secondary N) is 1. The van der Waals surface area contributed by atoms with Gasteiger partial charge in [0, 0.05) is 20.5 Å². The van der Waals surface area contributed by atoms with E-state index in [4.69, 9.17) is 4.74 Å². The number of nitrogens with zero attached hydrogens (tertiary/aromatic N) is 1. The Morgan fingerprint density at radius 1 is 0.969 bits per heavy atom. The second-order valence-corrected chi connectivity index (χ2v) is 9.74. The number of aromatic nitrogens is 1. The number of thiazole rings is 1. The first-order valence-electron chi connectivity index (χ1n) is 10.2. The van der Waals surface area contributed by atoms with Gasteiger partial charge in [-0.3, -0.25) is 10.1 Å². The van der Waals surface area contributed by atoms with Crippen LogP contribution in [-0.4, -0.2) is 10.9 Å². The summed E-state index contributed by atoms with van der Waals surface area (Å²) >= 11 is 4.90. The molecular weight excluding hydrogens is 484 g/mol. The van der Waals surface area contributed by atoms with Crippen molar-refractivity contribution in [2.75, 3.05) is 5.32 Å². The molecule has 3 aromatic carbocycles. The van der Waals surface area contributed by atoms with Crippen LogP contribution in [0.5, 0.6) is 5.75 Å². The van der Waals surface area contributed by atoms with Gasteiger partial charge in [-0.25, -0.2) is 4.98 Å². The lowest BCUT2D eigenvalue weighted by molar-refractivity contribution is 0.102. The third kappa shape index (κ3) is 5.26. The molecule has 0 atom stereocenters. The van der Waals surface area contributed by atoms with Crippen molar-refractivity contribution in [3.8, 4) is 17.0 Å². The summed E-state index contributed by atoms with van der Waals surface area (Å²) in [5.74, 6) is 0.625. The molecule has 162 valence electrons. The van der Waals surface area contributed by atoms with Crippen LogP contribution in [0.3, 0.4) is 0 Å². The number of anilines is 1. The van der Waals surface area contributed by atoms with Crippen LogP contribution < -0.4 is 10.1 Å². The van der Waals surface area contributed by atoms with Crippen LogP contribution in [0.15, 0.2) is 71.2 Å². The number of hydrogen-bond donors (Lipinski definition) is 1. The zero-order valence-electron chi connectivity index (χ0n) is 18.1. The van der Waals surface area contributed by atoms with Gasteiger partial charge in [-0.1, -0.05) is 40.2 Å². The number of amides is 1. The van der Waals surface area contributed by atoms with Crippen molar-refractivity contribution in [2.24, 2.45) is 0 Å². The quantitative estimate of drug-likeness (QED) is 0.297. The molecule has 0 aliphatic carbocycles. The van der Waals surface area contributed by atoms with Gasteiger partial charge in [0.15, 0.2) is 5.13 Å². The third-order valence-electron chi connectivity index (χ3n) is 5.23. The largest absolute Gasteiger partial charge is 0.489 e. The summed E-state index contributed by atoms with van der Waals surface area (Å²) in [6, 6.07) is 21.4. The number of halogens is 1. The molecule has 0 spiro atoms. The molecule has 4 nitrogen and oxygen atoms in total. The van der Waals surface area contributed by atoms with E-state index in [-0.39, 0.29) is 5.91 Å². The molecule has 0 aliphatic rings. The van der Waals surface area contributed by atoms with Gasteiger partial charge in [0.05, 0.1) is 5.69 Å². The highest BCUT2D eigenvalue weighted by atomic mass is 79.9. The Bertz CT molecular complexity index is 1250. The van der Waals surface area contributed by atoms with E-state index >= 15 is 0 Å². The van der Waals surface area contributed by atoms with Crippen molar-refractivity contribution in [1.82, 2.24) is 4.98 Å². The average molecular weight is 507 g/mol. The van der Waals surface area contributed by atoms with Gasteiger partial charge in [-0.05, 0) is 79.9 Å². The summed E-state index contributed by atoms with van der Waals surface area (Å²) in [5.41, 5.74) is 6.03. The minimum Gasteiger partial charge on any atom is -0.489 e. The van der Waals surface area contributed by atoms with Crippen molar-refractivity contribution >= 4 is 38.3 Å². The molecule has 6 heteroatoms. The Labute approximate surface area is 200 Å². The molecule has 0 radical (unpaired) electrons. The number of carbonyl (C=O) groups is 1. The summed E-state index contributed by atoms with van der Waals surface area (Å²) in [6.07, 6.45) is 0. The van der Waals surface area contributed by atoms with E-state index < -0.39 is 0 Å². The lowest BCUT2D eigenvalue weighted by atomic mass is 10.0. The van der Waals surface area contributed by atoms with E-state index in [2.05, 4.69) is 58.3 Å². The summed E-state index contributed by atoms with van der Waals surface area (Å²) in [6.45, 7) is 6.65. The maximum Gasteiger partial charge on any atom is 0.257 e. The highest BCUT2D eigenvalue weighted by Crippen LogP contribution is 2.31. The first-order chi connectivity index (χ1) is 15.4. The molecule has 1 aromatic heterocycles. The summed E-state index contributed by atoms with van der Waals surface area (Å²) in [5, 5.41) is 3.53. The number of benzene rings is 3. The lowest BCUT2D eigenvalue weighted by Crippen LogP contribution is -2.11. The highest BCUT2D eigenvalue weighted by Gasteiger charge is 2.14. The highest BCUT2D eigenvalue weighted by molar-refractivity contribution is 9.10. The molecular formula is C26H23BrN2O2S. The number of hydrogen-bond acceptors (Lipinski definition) is 4. The van der Waals surface area contributed by atoms with Crippen LogP contribution in [0.2, 0.25) is 0 Å². The SMILES string of the molecule is Cc1ccc(-c2nc(NC(=O)c3ccc(COc4ccc(Br)cc4)cc3)sc2C)cc1C. The van der Waals surface area contributed by atoms with Crippen molar-refractivity contribution in [1.29, 1.82) is 0 Å². The maximum absolute atomic E-state index is 12.7. The van der Waals surface area contributed by atoms with Crippen molar-refractivity contribution < 1.29 is 9.53 Å². The van der Waals surface area contributed by atoms with Crippen LogP contribution in [0.4, 0.5) is 5.13 Å². The van der Waals surface area contributed by atoms with Gasteiger partial charge in [-0.15, -0.1) is 11.3 Å². The second kappa shape index (κ2) is 9.67. The summed E-state index contributed by atoms with van der Waals surface area (Å²) < 4.78 is 6.80. The smallest absolute Gasteiger partial charge is 0.257 e. The van der Waals surface area contributed by atoms with E-state index in [1.165, 1.54) is 22.5 Å². The number of rotatable bonds is 6. The van der Waals surface area contributed by atoms with Gasteiger partial charge >= 0.3 is 0 Å². The molecule has 0 unspecified atom stereocenters. The predicted molar refractivity (Wildman–Crippen MR) is 135 cm³/mol. The van der Waals surface area contributed by atoms with Gasteiger partial charge in [0.1, 0.15) is 12.4 Å². The summed E-state index contributed by atoms with van der Waals surface area (Å²) in [7, 11) is 0. The van der Waals surface area contributed by atoms with Crippen LogP contribution in [-0.2, 0) is 6.61 Å². The Balaban J connectivity index is 1.40. The Morgan fingerprint density at radius 2 is 1.69 bits per heavy atom. The maximum atomic E-state index is 12.7. The topological polar surface area (TPSA) is 51.2 Å². The predicted octanol–water partition coefficient (Wildman–Crippen LogP) is 7.33. The molecule has 0 aliphatic heterocycles. The zero-order valence-corrected chi connectivity index (χ0v) is 20.5. The third-order valence-corrected chi connectivity index (χ3v) is 6.65. The van der Waals surface area contributed by atoms with E-state index in [9.17, 15) is 4.79 Å². The van der Waals surface area contributed by atoms with Crippen LogP contribution >= 0.6 is 27.3 Å². The Hall–Kier alpha value is -2.96. The molecule has 1 amide bonds. The van der Waals surface area contributed by atoms with Gasteiger partial charge in [-0.2, -0.15) is 0 Å². The minimum atomic E-state index is -0.175. The molecule has 4 aromatic rings. The van der Waals surface area contributed by atoms with E-state index in [0.29, 0.717) is 17.3 Å². The molecule has 0 bridgehead atoms. The normalized spacial score (nSPS) is 10.8. The lowest BCUT2D eigenvalue weighted by Gasteiger charge is -2.07. The van der Waals surface area contributed by atoms with Crippen molar-refractivity contribution in [2.45, 2.75) is 27.4 Å². The Morgan fingerprint density at radius 3 is 2.38 bits per heavy atom. The van der Waals surface area contributed by atoms with E-state index in [1.807, 2.05) is 43.3 Å². The van der Waals surface area contributed by atoms with Gasteiger partial charge in [0.25, 0.3) is 5.91 Å².